The molecule has 0 aliphatic carbocycles. The van der Waals surface area contributed by atoms with Crippen molar-refractivity contribution >= 4 is 11.9 Å². The molecule has 1 heterocycles. The van der Waals surface area contributed by atoms with Gasteiger partial charge in [-0.25, -0.2) is 4.79 Å². The van der Waals surface area contributed by atoms with Gasteiger partial charge in [-0.1, -0.05) is 20.3 Å². The fraction of sp³-hybridized carbons (Fsp3) is 0.846. The van der Waals surface area contributed by atoms with Crippen LogP contribution >= 0.6 is 0 Å². The maximum absolute atomic E-state index is 12.1. The van der Waals surface area contributed by atoms with E-state index in [1.165, 1.54) is 7.11 Å². The molecule has 0 radical (unpaired) electrons. The van der Waals surface area contributed by atoms with Crippen LogP contribution in [-0.4, -0.2) is 38.1 Å². The summed E-state index contributed by atoms with van der Waals surface area (Å²) in [7, 11) is 1.35. The van der Waals surface area contributed by atoms with Crippen LogP contribution in [0, 0.1) is 11.8 Å². The van der Waals surface area contributed by atoms with Gasteiger partial charge in [0.05, 0.1) is 13.0 Å². The quantitative estimate of drug-likeness (QED) is 0.710. The normalized spacial score (nSPS) is 22.9. The Morgan fingerprint density at radius 3 is 2.72 bits per heavy atom. The zero-order valence-corrected chi connectivity index (χ0v) is 11.5. The molecule has 0 aromatic carbocycles. The summed E-state index contributed by atoms with van der Waals surface area (Å²) < 4.78 is 4.75. The number of carbonyl (C=O) groups excluding carboxylic acids is 2. The predicted octanol–water partition coefficient (Wildman–Crippen LogP) is 0.690. The Hall–Kier alpha value is -1.10. The Balaban J connectivity index is 2.58. The standard InChI is InChI=1S/C13H24N2O3/c1-4-9(2)11(13(17)18-3)15-12(16)10-6-5-7-14-8-10/h9-11,14H,4-8H2,1-3H3,(H,15,16)/t9?,10-,11?/m0/s1. The van der Waals surface area contributed by atoms with Crippen molar-refractivity contribution in [2.75, 3.05) is 20.2 Å². The molecule has 1 fully saturated rings. The van der Waals surface area contributed by atoms with E-state index in [1.54, 1.807) is 0 Å². The number of hydrogen-bond donors (Lipinski definition) is 2. The van der Waals surface area contributed by atoms with Crippen molar-refractivity contribution in [1.82, 2.24) is 10.6 Å². The van der Waals surface area contributed by atoms with Crippen molar-refractivity contribution in [2.45, 2.75) is 39.2 Å². The summed E-state index contributed by atoms with van der Waals surface area (Å²) in [6.07, 6.45) is 2.71. The van der Waals surface area contributed by atoms with Gasteiger partial charge in [0.25, 0.3) is 0 Å². The summed E-state index contributed by atoms with van der Waals surface area (Å²) in [5.74, 6) is -0.354. The average Bonchev–Trinajstić information content (AvgIpc) is 2.43. The Kier molecular flexibility index (Phi) is 6.12. The van der Waals surface area contributed by atoms with Gasteiger partial charge in [0, 0.05) is 6.54 Å². The average molecular weight is 256 g/mol. The number of esters is 1. The van der Waals surface area contributed by atoms with Crippen LogP contribution in [-0.2, 0) is 14.3 Å². The lowest BCUT2D eigenvalue weighted by molar-refractivity contribution is -0.147. The molecule has 0 spiro atoms. The Morgan fingerprint density at radius 2 is 2.22 bits per heavy atom. The first-order valence-corrected chi connectivity index (χ1v) is 6.69. The highest BCUT2D eigenvalue weighted by Crippen LogP contribution is 2.13. The van der Waals surface area contributed by atoms with Gasteiger partial charge < -0.3 is 15.4 Å². The summed E-state index contributed by atoms with van der Waals surface area (Å²) >= 11 is 0. The van der Waals surface area contributed by atoms with Crippen LogP contribution < -0.4 is 10.6 Å². The maximum atomic E-state index is 12.1. The van der Waals surface area contributed by atoms with Crippen LogP contribution in [0.3, 0.4) is 0 Å². The molecular weight excluding hydrogens is 232 g/mol. The lowest BCUT2D eigenvalue weighted by atomic mass is 9.95. The van der Waals surface area contributed by atoms with E-state index >= 15 is 0 Å². The number of nitrogens with one attached hydrogen (secondary N) is 2. The van der Waals surface area contributed by atoms with Crippen LogP contribution in [0.25, 0.3) is 0 Å². The zero-order chi connectivity index (χ0) is 13.5. The van der Waals surface area contributed by atoms with E-state index in [0.29, 0.717) is 6.54 Å². The van der Waals surface area contributed by atoms with E-state index in [1.807, 2.05) is 13.8 Å². The highest BCUT2D eigenvalue weighted by molar-refractivity contribution is 5.86. The molecule has 5 heteroatoms. The second kappa shape index (κ2) is 7.36. The number of carbonyl (C=O) groups is 2. The molecule has 2 unspecified atom stereocenters. The molecule has 3 atom stereocenters. The third kappa shape index (κ3) is 3.98. The van der Waals surface area contributed by atoms with Crippen molar-refractivity contribution in [1.29, 1.82) is 0 Å². The number of hydrogen-bond acceptors (Lipinski definition) is 4. The number of ether oxygens (including phenoxy) is 1. The molecule has 1 aliphatic rings. The summed E-state index contributed by atoms with van der Waals surface area (Å²) in [6.45, 7) is 5.60. The summed E-state index contributed by atoms with van der Waals surface area (Å²) in [5, 5.41) is 6.03. The smallest absolute Gasteiger partial charge is 0.328 e. The number of rotatable bonds is 5. The van der Waals surface area contributed by atoms with Gasteiger partial charge in [0.2, 0.25) is 5.91 Å². The van der Waals surface area contributed by atoms with Gasteiger partial charge >= 0.3 is 5.97 Å². The molecular formula is C13H24N2O3. The van der Waals surface area contributed by atoms with Crippen molar-refractivity contribution < 1.29 is 14.3 Å². The van der Waals surface area contributed by atoms with Crippen molar-refractivity contribution in [3.8, 4) is 0 Å². The summed E-state index contributed by atoms with van der Waals surface area (Å²) in [6, 6.07) is -0.533. The molecule has 1 rings (SSSR count). The number of methoxy groups -OCH3 is 1. The lowest BCUT2D eigenvalue weighted by Gasteiger charge is -2.26. The van der Waals surface area contributed by atoms with Gasteiger partial charge in [-0.05, 0) is 25.3 Å². The molecule has 2 N–H and O–H groups in total. The molecule has 5 nitrogen and oxygen atoms in total. The first-order valence-electron chi connectivity index (χ1n) is 6.69. The molecule has 0 bridgehead atoms. The van der Waals surface area contributed by atoms with Crippen LogP contribution in [0.15, 0.2) is 0 Å². The second-order valence-electron chi connectivity index (χ2n) is 4.94. The van der Waals surface area contributed by atoms with E-state index in [0.717, 1.165) is 25.8 Å². The zero-order valence-electron chi connectivity index (χ0n) is 11.5. The highest BCUT2D eigenvalue weighted by atomic mass is 16.5. The molecule has 0 aromatic rings. The fourth-order valence-electron chi connectivity index (χ4n) is 2.14. The minimum atomic E-state index is -0.533. The van der Waals surface area contributed by atoms with Gasteiger partial charge in [-0.15, -0.1) is 0 Å². The largest absolute Gasteiger partial charge is 0.467 e. The maximum Gasteiger partial charge on any atom is 0.328 e. The molecule has 0 saturated carbocycles. The Labute approximate surface area is 109 Å². The first kappa shape index (κ1) is 15.0. The van der Waals surface area contributed by atoms with Crippen molar-refractivity contribution in [2.24, 2.45) is 11.8 Å². The van der Waals surface area contributed by atoms with Gasteiger partial charge in [-0.3, -0.25) is 4.79 Å². The van der Waals surface area contributed by atoms with Gasteiger partial charge in [0.15, 0.2) is 0 Å². The second-order valence-corrected chi connectivity index (χ2v) is 4.94. The van der Waals surface area contributed by atoms with E-state index in [-0.39, 0.29) is 23.7 Å². The summed E-state index contributed by atoms with van der Waals surface area (Å²) in [4.78, 5) is 23.8. The molecule has 18 heavy (non-hydrogen) atoms. The predicted molar refractivity (Wildman–Crippen MR) is 69.0 cm³/mol. The van der Waals surface area contributed by atoms with Crippen LogP contribution in [0.2, 0.25) is 0 Å². The molecule has 1 saturated heterocycles. The third-order valence-corrected chi connectivity index (χ3v) is 3.63. The fourth-order valence-corrected chi connectivity index (χ4v) is 2.14. The Bertz CT molecular complexity index is 288. The highest BCUT2D eigenvalue weighted by Gasteiger charge is 2.30. The minimum absolute atomic E-state index is 0.0324. The number of piperidine rings is 1. The molecule has 1 aliphatic heterocycles. The topological polar surface area (TPSA) is 67.4 Å². The van der Waals surface area contributed by atoms with E-state index in [9.17, 15) is 9.59 Å². The van der Waals surface area contributed by atoms with E-state index in [4.69, 9.17) is 4.74 Å². The van der Waals surface area contributed by atoms with Crippen LogP contribution in [0.5, 0.6) is 0 Å². The van der Waals surface area contributed by atoms with Crippen LogP contribution in [0.1, 0.15) is 33.1 Å². The third-order valence-electron chi connectivity index (χ3n) is 3.63. The minimum Gasteiger partial charge on any atom is -0.467 e. The monoisotopic (exact) mass is 256 g/mol. The van der Waals surface area contributed by atoms with Crippen molar-refractivity contribution in [3.05, 3.63) is 0 Å². The number of amides is 1. The SMILES string of the molecule is CCC(C)C(NC(=O)[C@H]1CCCNC1)C(=O)OC. The van der Waals surface area contributed by atoms with E-state index in [2.05, 4.69) is 10.6 Å². The van der Waals surface area contributed by atoms with Gasteiger partial charge in [0.1, 0.15) is 6.04 Å². The Morgan fingerprint density at radius 1 is 1.50 bits per heavy atom. The first-order chi connectivity index (χ1) is 8.60. The van der Waals surface area contributed by atoms with Crippen molar-refractivity contribution in [3.63, 3.8) is 0 Å². The van der Waals surface area contributed by atoms with Crippen LogP contribution in [0.4, 0.5) is 0 Å². The lowest BCUT2D eigenvalue weighted by Crippen LogP contribution is -2.50. The van der Waals surface area contributed by atoms with E-state index < -0.39 is 6.04 Å². The molecule has 0 aromatic heterocycles. The molecule has 104 valence electrons. The van der Waals surface area contributed by atoms with Gasteiger partial charge in [-0.2, -0.15) is 0 Å². The molecule has 1 amide bonds. The summed E-state index contributed by atoms with van der Waals surface area (Å²) in [5.41, 5.74) is 0.